The summed E-state index contributed by atoms with van der Waals surface area (Å²) in [4.78, 5) is 21.0. The van der Waals surface area contributed by atoms with Gasteiger partial charge in [0.05, 0.1) is 24.0 Å². The zero-order valence-corrected chi connectivity index (χ0v) is 22.1. The highest BCUT2D eigenvalue weighted by Gasteiger charge is 2.45. The Morgan fingerprint density at radius 2 is 1.86 bits per heavy atom. The number of hydrogen-bond acceptors (Lipinski definition) is 6. The van der Waals surface area contributed by atoms with Crippen LogP contribution in [0, 0.1) is 0 Å². The monoisotopic (exact) mass is 520 g/mol. The Morgan fingerprint density at radius 3 is 2.54 bits per heavy atom. The molecule has 1 atom stereocenters. The topological polar surface area (TPSA) is 87.3 Å². The first kappa shape index (κ1) is 23.9. The first-order valence-corrected chi connectivity index (χ1v) is 12.9. The van der Waals surface area contributed by atoms with Crippen molar-refractivity contribution in [2.75, 3.05) is 25.2 Å². The molecule has 9 nitrogen and oxygen atoms in total. The fraction of sp³-hybridized carbons (Fsp3) is 0.407. The van der Waals surface area contributed by atoms with Gasteiger partial charge in [0.2, 0.25) is 0 Å². The number of methoxy groups -OCH3 is 1. The van der Waals surface area contributed by atoms with Crippen molar-refractivity contribution < 1.29 is 14.3 Å². The van der Waals surface area contributed by atoms with Crippen LogP contribution in [-0.2, 0) is 11.8 Å². The number of carbonyl (C=O) groups excluding carboxylic acids is 1. The average molecular weight is 521 g/mol. The summed E-state index contributed by atoms with van der Waals surface area (Å²) in [7, 11) is 3.42. The van der Waals surface area contributed by atoms with E-state index in [-0.39, 0.29) is 23.9 Å². The van der Waals surface area contributed by atoms with E-state index in [0.29, 0.717) is 40.9 Å². The molecule has 0 bridgehead atoms. The molecular formula is C27H29ClN6O3. The summed E-state index contributed by atoms with van der Waals surface area (Å²) >= 11 is 6.25. The Morgan fingerprint density at radius 1 is 1.14 bits per heavy atom. The summed E-state index contributed by atoms with van der Waals surface area (Å²) in [5, 5.41) is 9.03. The molecule has 2 aliphatic heterocycles. The van der Waals surface area contributed by atoms with Crippen LogP contribution < -0.4 is 9.64 Å². The number of carbonyl (C=O) groups is 1. The molecule has 1 amide bonds. The van der Waals surface area contributed by atoms with Crippen LogP contribution >= 0.6 is 11.6 Å². The van der Waals surface area contributed by atoms with E-state index in [4.69, 9.17) is 26.1 Å². The van der Waals surface area contributed by atoms with Gasteiger partial charge in [-0.15, -0.1) is 5.10 Å². The number of rotatable bonds is 5. The number of fused-ring (bicyclic) bond motifs is 2. The van der Waals surface area contributed by atoms with E-state index >= 15 is 0 Å². The minimum absolute atomic E-state index is 0.120. The Hall–Kier alpha value is -3.43. The van der Waals surface area contributed by atoms with Crippen molar-refractivity contribution in [1.82, 2.24) is 24.5 Å². The number of aromatic nitrogens is 5. The Kier molecular flexibility index (Phi) is 5.92. The average Bonchev–Trinajstić information content (AvgIpc) is 3.56. The van der Waals surface area contributed by atoms with Gasteiger partial charge in [-0.05, 0) is 50.5 Å². The number of imidazole rings is 1. The number of halogens is 1. The van der Waals surface area contributed by atoms with Gasteiger partial charge in [-0.3, -0.25) is 9.69 Å². The predicted octanol–water partition coefficient (Wildman–Crippen LogP) is 5.05. The van der Waals surface area contributed by atoms with E-state index in [1.807, 2.05) is 48.3 Å². The summed E-state index contributed by atoms with van der Waals surface area (Å²) in [6, 6.07) is 11.2. The molecule has 0 unspecified atom stereocenters. The van der Waals surface area contributed by atoms with Gasteiger partial charge in [-0.1, -0.05) is 28.9 Å². The third kappa shape index (κ3) is 3.79. The smallest absolute Gasteiger partial charge is 0.279 e. The van der Waals surface area contributed by atoms with Crippen LogP contribution in [0.25, 0.3) is 11.0 Å². The zero-order chi connectivity index (χ0) is 25.8. The van der Waals surface area contributed by atoms with Crippen molar-refractivity contribution in [2.24, 2.45) is 7.05 Å². The summed E-state index contributed by atoms with van der Waals surface area (Å²) in [6.07, 6.45) is 1.79. The van der Waals surface area contributed by atoms with Gasteiger partial charge < -0.3 is 14.0 Å². The second-order valence-electron chi connectivity index (χ2n) is 9.91. The van der Waals surface area contributed by atoms with Crippen LogP contribution in [0.15, 0.2) is 36.4 Å². The Labute approximate surface area is 219 Å². The second-order valence-corrected chi connectivity index (χ2v) is 10.3. The minimum Gasteiger partial charge on any atom is -0.494 e. The molecule has 10 heteroatoms. The molecule has 2 aromatic carbocycles. The van der Waals surface area contributed by atoms with Crippen molar-refractivity contribution in [2.45, 2.75) is 44.7 Å². The van der Waals surface area contributed by atoms with E-state index < -0.39 is 0 Å². The molecule has 2 aromatic heterocycles. The Balaban J connectivity index is 1.58. The molecule has 0 spiro atoms. The number of benzene rings is 2. The van der Waals surface area contributed by atoms with Crippen LogP contribution in [0.5, 0.6) is 5.75 Å². The summed E-state index contributed by atoms with van der Waals surface area (Å²) in [5.74, 6) is 1.64. The fourth-order valence-corrected chi connectivity index (χ4v) is 5.75. The number of ether oxygens (including phenoxy) is 2. The minimum atomic E-state index is -0.383. The van der Waals surface area contributed by atoms with Gasteiger partial charge >= 0.3 is 0 Å². The summed E-state index contributed by atoms with van der Waals surface area (Å²) in [6.45, 7) is 5.71. The molecular weight excluding hydrogens is 492 g/mol. The first-order valence-electron chi connectivity index (χ1n) is 12.5. The molecule has 192 valence electrons. The highest BCUT2D eigenvalue weighted by molar-refractivity contribution is 6.30. The van der Waals surface area contributed by atoms with E-state index in [1.54, 1.807) is 11.8 Å². The van der Waals surface area contributed by atoms with Crippen LogP contribution in [0.2, 0.25) is 5.02 Å². The molecule has 4 aromatic rings. The van der Waals surface area contributed by atoms with Gasteiger partial charge in [0.1, 0.15) is 11.9 Å². The highest BCUT2D eigenvalue weighted by atomic mass is 35.5. The van der Waals surface area contributed by atoms with Crippen molar-refractivity contribution in [3.63, 3.8) is 0 Å². The highest BCUT2D eigenvalue weighted by Crippen LogP contribution is 2.46. The number of aryl methyl sites for hydroxylation is 1. The standard InChI is InChI=1S/C27H29ClN6O3/c1-15(2)33-25-23(29-26(33)17-9-11-37-12-10-17)27(35)34(24(25)16-5-7-18(28)8-6-16)19-13-20-22(21(14-19)36-4)30-31-32(20)3/h5-8,13-15,17,24H,9-12H2,1-4H3/t24-/m1/s1. The molecule has 2 aliphatic rings. The van der Waals surface area contributed by atoms with Gasteiger partial charge in [-0.25, -0.2) is 9.67 Å². The summed E-state index contributed by atoms with van der Waals surface area (Å²) < 4.78 is 15.2. The molecule has 1 saturated heterocycles. The van der Waals surface area contributed by atoms with E-state index in [2.05, 4.69) is 28.7 Å². The molecule has 0 saturated carbocycles. The molecule has 0 radical (unpaired) electrons. The van der Waals surface area contributed by atoms with Crippen LogP contribution in [0.1, 0.15) is 72.3 Å². The lowest BCUT2D eigenvalue weighted by Gasteiger charge is -2.30. The van der Waals surface area contributed by atoms with Gasteiger partial charge in [0, 0.05) is 43.3 Å². The van der Waals surface area contributed by atoms with E-state index in [0.717, 1.165) is 35.4 Å². The molecule has 6 rings (SSSR count). The zero-order valence-electron chi connectivity index (χ0n) is 21.3. The third-order valence-corrected chi connectivity index (χ3v) is 7.62. The lowest BCUT2D eigenvalue weighted by Crippen LogP contribution is -2.31. The van der Waals surface area contributed by atoms with E-state index in [1.165, 1.54) is 0 Å². The number of hydrogen-bond donors (Lipinski definition) is 0. The maximum Gasteiger partial charge on any atom is 0.279 e. The second kappa shape index (κ2) is 9.15. The fourth-order valence-electron chi connectivity index (χ4n) is 5.62. The van der Waals surface area contributed by atoms with Crippen LogP contribution in [-0.4, -0.2) is 50.8 Å². The van der Waals surface area contributed by atoms with E-state index in [9.17, 15) is 4.79 Å². The van der Waals surface area contributed by atoms with Crippen LogP contribution in [0.3, 0.4) is 0 Å². The lowest BCUT2D eigenvalue weighted by molar-refractivity contribution is 0.0824. The molecule has 0 N–H and O–H groups in total. The Bertz CT molecular complexity index is 1490. The normalized spacial score (nSPS) is 18.3. The maximum atomic E-state index is 14.2. The molecule has 1 fully saturated rings. The van der Waals surface area contributed by atoms with Gasteiger partial charge in [0.25, 0.3) is 5.91 Å². The number of anilines is 1. The largest absolute Gasteiger partial charge is 0.494 e. The number of amides is 1. The molecule has 37 heavy (non-hydrogen) atoms. The third-order valence-electron chi connectivity index (χ3n) is 7.37. The quantitative estimate of drug-likeness (QED) is 0.366. The van der Waals surface area contributed by atoms with Gasteiger partial charge in [-0.2, -0.15) is 0 Å². The predicted molar refractivity (Wildman–Crippen MR) is 141 cm³/mol. The van der Waals surface area contributed by atoms with Crippen molar-refractivity contribution in [3.05, 3.63) is 64.2 Å². The summed E-state index contributed by atoms with van der Waals surface area (Å²) in [5.41, 5.74) is 4.48. The van der Waals surface area contributed by atoms with Crippen molar-refractivity contribution in [1.29, 1.82) is 0 Å². The molecule has 4 heterocycles. The molecule has 0 aliphatic carbocycles. The SMILES string of the molecule is COc1cc(N2C(=O)c3nc(C4CCOCC4)n(C(C)C)c3[C@H]2c2ccc(Cl)cc2)cc2c1nnn2C. The van der Waals surface area contributed by atoms with Gasteiger partial charge in [0.15, 0.2) is 17.0 Å². The van der Waals surface area contributed by atoms with Crippen molar-refractivity contribution >= 4 is 34.2 Å². The lowest BCUT2D eigenvalue weighted by atomic mass is 9.98. The van der Waals surface area contributed by atoms with Crippen LogP contribution in [0.4, 0.5) is 5.69 Å². The first-order chi connectivity index (χ1) is 17.9. The number of nitrogens with zero attached hydrogens (tertiary/aromatic N) is 6. The van der Waals surface area contributed by atoms with Crippen molar-refractivity contribution in [3.8, 4) is 5.75 Å². The maximum absolute atomic E-state index is 14.2.